The van der Waals surface area contributed by atoms with Gasteiger partial charge in [0.05, 0.1) is 17.4 Å². The van der Waals surface area contributed by atoms with E-state index >= 15 is 0 Å². The molecule has 1 aliphatic rings. The van der Waals surface area contributed by atoms with Crippen LogP contribution in [0.4, 0.5) is 0 Å². The molecule has 1 saturated heterocycles. The van der Waals surface area contributed by atoms with Crippen molar-refractivity contribution in [2.45, 2.75) is 13.3 Å². The highest BCUT2D eigenvalue weighted by molar-refractivity contribution is 5.97. The molecule has 1 aliphatic heterocycles. The first-order valence-corrected chi connectivity index (χ1v) is 7.11. The highest BCUT2D eigenvalue weighted by Gasteiger charge is 2.28. The van der Waals surface area contributed by atoms with E-state index in [-0.39, 0.29) is 5.91 Å². The number of nitrogens with one attached hydrogen (secondary N) is 1. The summed E-state index contributed by atoms with van der Waals surface area (Å²) < 4.78 is 0. The standard InChI is InChI=1S/C15H20N4O/c1-10-4-5-19(8-12(10)7-16)15(20)11-2-3-13-14(6-11)18-9-17-13/h2-3,6,9-10,12H,4-5,7-8,16H2,1H3,(H,17,18). The summed E-state index contributed by atoms with van der Waals surface area (Å²) in [5, 5.41) is 0. The van der Waals surface area contributed by atoms with Crippen molar-refractivity contribution in [1.29, 1.82) is 0 Å². The lowest BCUT2D eigenvalue weighted by Gasteiger charge is -2.36. The first kappa shape index (κ1) is 13.1. The number of imidazole rings is 1. The molecule has 0 spiro atoms. The summed E-state index contributed by atoms with van der Waals surface area (Å²) in [5.74, 6) is 1.09. The van der Waals surface area contributed by atoms with Crippen LogP contribution in [0.15, 0.2) is 24.5 Å². The summed E-state index contributed by atoms with van der Waals surface area (Å²) in [6.45, 7) is 4.44. The van der Waals surface area contributed by atoms with Crippen molar-refractivity contribution in [3.8, 4) is 0 Å². The van der Waals surface area contributed by atoms with Crippen molar-refractivity contribution in [3.63, 3.8) is 0 Å². The Kier molecular flexibility index (Phi) is 3.44. The number of hydrogen-bond donors (Lipinski definition) is 2. The predicted molar refractivity (Wildman–Crippen MR) is 78.3 cm³/mol. The van der Waals surface area contributed by atoms with Gasteiger partial charge in [-0.2, -0.15) is 0 Å². The molecule has 1 aromatic heterocycles. The van der Waals surface area contributed by atoms with Crippen LogP contribution in [0.3, 0.4) is 0 Å². The number of nitrogens with two attached hydrogens (primary N) is 1. The Bertz CT molecular complexity index is 621. The zero-order valence-electron chi connectivity index (χ0n) is 11.7. The summed E-state index contributed by atoms with van der Waals surface area (Å²) in [6.07, 6.45) is 2.67. The first-order chi connectivity index (χ1) is 9.69. The molecule has 20 heavy (non-hydrogen) atoms. The highest BCUT2D eigenvalue weighted by Crippen LogP contribution is 2.24. The quantitative estimate of drug-likeness (QED) is 0.872. The molecule has 0 aliphatic carbocycles. The average molecular weight is 272 g/mol. The van der Waals surface area contributed by atoms with Gasteiger partial charge in [0.15, 0.2) is 0 Å². The second-order valence-electron chi connectivity index (χ2n) is 5.65. The monoisotopic (exact) mass is 272 g/mol. The van der Waals surface area contributed by atoms with Crippen LogP contribution in [0.1, 0.15) is 23.7 Å². The molecule has 1 fully saturated rings. The summed E-state index contributed by atoms with van der Waals surface area (Å²) >= 11 is 0. The topological polar surface area (TPSA) is 75.0 Å². The Morgan fingerprint density at radius 1 is 1.55 bits per heavy atom. The van der Waals surface area contributed by atoms with Crippen LogP contribution >= 0.6 is 0 Å². The zero-order chi connectivity index (χ0) is 14.1. The van der Waals surface area contributed by atoms with Crippen molar-refractivity contribution in [1.82, 2.24) is 14.9 Å². The van der Waals surface area contributed by atoms with E-state index in [4.69, 9.17) is 5.73 Å². The van der Waals surface area contributed by atoms with Crippen LogP contribution in [0, 0.1) is 11.8 Å². The van der Waals surface area contributed by atoms with Crippen LogP contribution in [0.5, 0.6) is 0 Å². The maximum Gasteiger partial charge on any atom is 0.253 e. The van der Waals surface area contributed by atoms with Gasteiger partial charge in [-0.15, -0.1) is 0 Å². The van der Waals surface area contributed by atoms with E-state index in [1.165, 1.54) is 0 Å². The minimum atomic E-state index is 0.0897. The van der Waals surface area contributed by atoms with Gasteiger partial charge in [0.1, 0.15) is 0 Å². The number of aromatic amines is 1. The molecule has 1 amide bonds. The number of fused-ring (bicyclic) bond motifs is 1. The fourth-order valence-electron chi connectivity index (χ4n) is 2.89. The Hall–Kier alpha value is -1.88. The molecule has 1 aromatic carbocycles. The molecule has 5 nitrogen and oxygen atoms in total. The summed E-state index contributed by atoms with van der Waals surface area (Å²) in [7, 11) is 0. The number of carbonyl (C=O) groups is 1. The molecule has 0 radical (unpaired) electrons. The van der Waals surface area contributed by atoms with Crippen molar-refractivity contribution in [2.24, 2.45) is 17.6 Å². The third kappa shape index (κ3) is 2.29. The third-order valence-electron chi connectivity index (χ3n) is 4.37. The van der Waals surface area contributed by atoms with Gasteiger partial charge in [0.2, 0.25) is 0 Å². The van der Waals surface area contributed by atoms with E-state index < -0.39 is 0 Å². The molecule has 2 atom stereocenters. The van der Waals surface area contributed by atoms with E-state index in [0.29, 0.717) is 23.9 Å². The van der Waals surface area contributed by atoms with Crippen molar-refractivity contribution < 1.29 is 4.79 Å². The van der Waals surface area contributed by atoms with Gasteiger partial charge >= 0.3 is 0 Å². The van der Waals surface area contributed by atoms with Gasteiger partial charge in [-0.3, -0.25) is 4.79 Å². The predicted octanol–water partition coefficient (Wildman–Crippen LogP) is 1.62. The van der Waals surface area contributed by atoms with Crippen LogP contribution in [-0.2, 0) is 0 Å². The molecule has 0 saturated carbocycles. The number of H-pyrrole nitrogens is 1. The van der Waals surface area contributed by atoms with Gasteiger partial charge in [0, 0.05) is 18.7 Å². The highest BCUT2D eigenvalue weighted by atomic mass is 16.2. The van der Waals surface area contributed by atoms with Crippen LogP contribution in [-0.4, -0.2) is 40.4 Å². The summed E-state index contributed by atoms with van der Waals surface area (Å²) in [6, 6.07) is 5.60. The van der Waals surface area contributed by atoms with E-state index in [9.17, 15) is 4.79 Å². The average Bonchev–Trinajstić information content (AvgIpc) is 2.94. The lowest BCUT2D eigenvalue weighted by molar-refractivity contribution is 0.0618. The van der Waals surface area contributed by atoms with Crippen LogP contribution in [0.25, 0.3) is 11.0 Å². The second kappa shape index (κ2) is 5.25. The van der Waals surface area contributed by atoms with E-state index in [1.54, 1.807) is 6.33 Å². The largest absolute Gasteiger partial charge is 0.345 e. The Morgan fingerprint density at radius 2 is 2.40 bits per heavy atom. The fraction of sp³-hybridized carbons (Fsp3) is 0.467. The van der Waals surface area contributed by atoms with Gasteiger partial charge in [-0.25, -0.2) is 4.98 Å². The number of nitrogens with zero attached hydrogens (tertiary/aromatic N) is 2. The number of piperidine rings is 1. The molecule has 0 bridgehead atoms. The van der Waals surface area contributed by atoms with Gasteiger partial charge in [-0.05, 0) is 43.0 Å². The molecule has 106 valence electrons. The third-order valence-corrected chi connectivity index (χ3v) is 4.37. The molecule has 5 heteroatoms. The van der Waals surface area contributed by atoms with Crippen LogP contribution in [0.2, 0.25) is 0 Å². The molecular weight excluding hydrogens is 252 g/mol. The van der Waals surface area contributed by atoms with Gasteiger partial charge in [-0.1, -0.05) is 6.92 Å². The van der Waals surface area contributed by atoms with E-state index in [2.05, 4.69) is 16.9 Å². The molecule has 2 aromatic rings. The minimum absolute atomic E-state index is 0.0897. The second-order valence-corrected chi connectivity index (χ2v) is 5.65. The number of benzene rings is 1. The number of carbonyl (C=O) groups excluding carboxylic acids is 1. The Morgan fingerprint density at radius 3 is 3.20 bits per heavy atom. The van der Waals surface area contributed by atoms with Crippen molar-refractivity contribution >= 4 is 16.9 Å². The molecule has 2 heterocycles. The normalized spacial score (nSPS) is 23.2. The summed E-state index contributed by atoms with van der Waals surface area (Å²) in [5.41, 5.74) is 8.30. The Balaban J connectivity index is 1.81. The minimum Gasteiger partial charge on any atom is -0.345 e. The van der Waals surface area contributed by atoms with Gasteiger partial charge < -0.3 is 15.6 Å². The van der Waals surface area contributed by atoms with E-state index in [1.807, 2.05) is 23.1 Å². The first-order valence-electron chi connectivity index (χ1n) is 7.11. The van der Waals surface area contributed by atoms with Crippen LogP contribution < -0.4 is 5.73 Å². The van der Waals surface area contributed by atoms with Gasteiger partial charge in [0.25, 0.3) is 5.91 Å². The molecular formula is C15H20N4O. The number of likely N-dealkylation sites (tertiary alicyclic amines) is 1. The summed E-state index contributed by atoms with van der Waals surface area (Å²) in [4.78, 5) is 21.7. The lowest BCUT2D eigenvalue weighted by atomic mass is 9.87. The van der Waals surface area contributed by atoms with Crippen molar-refractivity contribution in [2.75, 3.05) is 19.6 Å². The number of amides is 1. The zero-order valence-corrected chi connectivity index (χ0v) is 11.7. The number of aromatic nitrogens is 2. The maximum absolute atomic E-state index is 12.6. The molecule has 3 rings (SSSR count). The number of hydrogen-bond acceptors (Lipinski definition) is 3. The van der Waals surface area contributed by atoms with E-state index in [0.717, 1.165) is 30.5 Å². The Labute approximate surface area is 118 Å². The van der Waals surface area contributed by atoms with Crippen molar-refractivity contribution in [3.05, 3.63) is 30.1 Å². The SMILES string of the molecule is CC1CCN(C(=O)c2ccc3nc[nH]c3c2)CC1CN. The molecule has 3 N–H and O–H groups in total. The smallest absolute Gasteiger partial charge is 0.253 e. The maximum atomic E-state index is 12.6. The number of rotatable bonds is 2. The lowest BCUT2D eigenvalue weighted by Crippen LogP contribution is -2.45. The molecule has 2 unspecified atom stereocenters. The fourth-order valence-corrected chi connectivity index (χ4v) is 2.89.